The van der Waals surface area contributed by atoms with Crippen LogP contribution in [0, 0.1) is 5.82 Å². The van der Waals surface area contributed by atoms with E-state index in [1.54, 1.807) is 12.1 Å². The minimum atomic E-state index is -0.733. The number of hydrogen-bond acceptors (Lipinski definition) is 4. The standard InChI is InChI=1S/C18H18F2N2O4/c19-6-1-9-26-15-10-14(23)17(24)16-18(25)21(7-8-22(15)16)11-12-2-4-13(20)5-3-12/h2-5,10,24H,1,6-9,11H2. The first-order valence-corrected chi connectivity index (χ1v) is 8.20. The van der Waals surface area contributed by atoms with Crippen LogP contribution < -0.4 is 10.2 Å². The third kappa shape index (κ3) is 3.54. The number of fused-ring (bicyclic) bond motifs is 1. The summed E-state index contributed by atoms with van der Waals surface area (Å²) >= 11 is 0. The molecule has 8 heteroatoms. The van der Waals surface area contributed by atoms with E-state index < -0.39 is 23.8 Å². The van der Waals surface area contributed by atoms with Gasteiger partial charge in [0.15, 0.2) is 17.3 Å². The molecule has 1 aromatic carbocycles. The van der Waals surface area contributed by atoms with Crippen LogP contribution in [0.15, 0.2) is 35.1 Å². The summed E-state index contributed by atoms with van der Waals surface area (Å²) in [6, 6.07) is 6.84. The Labute approximate surface area is 148 Å². The molecule has 0 spiro atoms. The molecular weight excluding hydrogens is 346 g/mol. The van der Waals surface area contributed by atoms with E-state index in [0.717, 1.165) is 11.6 Å². The van der Waals surface area contributed by atoms with Crippen molar-refractivity contribution in [2.75, 3.05) is 19.8 Å². The van der Waals surface area contributed by atoms with Crippen LogP contribution in [-0.4, -0.2) is 40.3 Å². The zero-order chi connectivity index (χ0) is 18.7. The van der Waals surface area contributed by atoms with Gasteiger partial charge in [0.25, 0.3) is 5.91 Å². The molecule has 138 valence electrons. The van der Waals surface area contributed by atoms with E-state index in [4.69, 9.17) is 4.74 Å². The maximum absolute atomic E-state index is 13.0. The molecule has 1 aliphatic heterocycles. The molecule has 0 saturated heterocycles. The number of benzene rings is 1. The first kappa shape index (κ1) is 17.9. The number of hydrogen-bond donors (Lipinski definition) is 1. The van der Waals surface area contributed by atoms with Gasteiger partial charge in [-0.3, -0.25) is 14.0 Å². The zero-order valence-corrected chi connectivity index (χ0v) is 14.0. The summed E-state index contributed by atoms with van der Waals surface area (Å²) in [6.07, 6.45) is 0.162. The Balaban J connectivity index is 1.88. The summed E-state index contributed by atoms with van der Waals surface area (Å²) in [5, 5.41) is 10.1. The Morgan fingerprint density at radius 2 is 1.88 bits per heavy atom. The molecule has 0 radical (unpaired) electrons. The number of ether oxygens (including phenoxy) is 1. The summed E-state index contributed by atoms with van der Waals surface area (Å²) in [4.78, 5) is 26.2. The number of aromatic hydroxyl groups is 1. The normalized spacial score (nSPS) is 13.6. The van der Waals surface area contributed by atoms with Gasteiger partial charge in [-0.15, -0.1) is 0 Å². The van der Waals surface area contributed by atoms with Gasteiger partial charge in [-0.1, -0.05) is 12.1 Å². The number of halogens is 2. The van der Waals surface area contributed by atoms with Crippen molar-refractivity contribution in [1.29, 1.82) is 0 Å². The second-order valence-electron chi connectivity index (χ2n) is 5.94. The van der Waals surface area contributed by atoms with Crippen LogP contribution in [-0.2, 0) is 13.1 Å². The van der Waals surface area contributed by atoms with Crippen molar-refractivity contribution in [3.63, 3.8) is 0 Å². The molecule has 1 aliphatic rings. The molecule has 1 N–H and O–H groups in total. The quantitative estimate of drug-likeness (QED) is 0.797. The summed E-state index contributed by atoms with van der Waals surface area (Å²) in [5.74, 6) is -1.41. The number of amides is 1. The fraction of sp³-hybridized carbons (Fsp3) is 0.333. The Bertz CT molecular complexity index is 865. The highest BCUT2D eigenvalue weighted by atomic mass is 19.1. The van der Waals surface area contributed by atoms with Crippen LogP contribution in [0.2, 0.25) is 0 Å². The van der Waals surface area contributed by atoms with E-state index >= 15 is 0 Å². The minimum Gasteiger partial charge on any atom is -0.503 e. The third-order valence-corrected chi connectivity index (χ3v) is 4.15. The minimum absolute atomic E-state index is 0.0631. The van der Waals surface area contributed by atoms with Crippen molar-refractivity contribution in [2.45, 2.75) is 19.5 Å². The van der Waals surface area contributed by atoms with Crippen LogP contribution in [0.5, 0.6) is 11.6 Å². The van der Waals surface area contributed by atoms with Crippen molar-refractivity contribution < 1.29 is 23.4 Å². The Kier molecular flexibility index (Phi) is 5.20. The lowest BCUT2D eigenvalue weighted by molar-refractivity contribution is 0.0674. The van der Waals surface area contributed by atoms with Gasteiger partial charge in [-0.05, 0) is 17.7 Å². The lowest BCUT2D eigenvalue weighted by Crippen LogP contribution is -2.41. The third-order valence-electron chi connectivity index (χ3n) is 4.15. The maximum atomic E-state index is 13.0. The molecule has 1 amide bonds. The van der Waals surface area contributed by atoms with Gasteiger partial charge in [0.05, 0.1) is 13.3 Å². The van der Waals surface area contributed by atoms with Crippen molar-refractivity contribution in [1.82, 2.24) is 9.47 Å². The van der Waals surface area contributed by atoms with Gasteiger partial charge < -0.3 is 19.3 Å². The van der Waals surface area contributed by atoms with E-state index in [1.807, 2.05) is 0 Å². The second kappa shape index (κ2) is 7.55. The predicted molar refractivity (Wildman–Crippen MR) is 89.6 cm³/mol. The van der Waals surface area contributed by atoms with Crippen LogP contribution >= 0.6 is 0 Å². The fourth-order valence-corrected chi connectivity index (χ4v) is 2.84. The topological polar surface area (TPSA) is 71.8 Å². The highest BCUT2D eigenvalue weighted by molar-refractivity contribution is 5.96. The molecule has 0 aliphatic carbocycles. The highest BCUT2D eigenvalue weighted by Gasteiger charge is 2.30. The summed E-state index contributed by atoms with van der Waals surface area (Å²) in [5.41, 5.74) is -0.157. The maximum Gasteiger partial charge on any atom is 0.274 e. The molecular formula is C18H18F2N2O4. The van der Waals surface area contributed by atoms with Crippen molar-refractivity contribution in [2.24, 2.45) is 0 Å². The van der Waals surface area contributed by atoms with Crippen LogP contribution in [0.4, 0.5) is 8.78 Å². The van der Waals surface area contributed by atoms with E-state index in [2.05, 4.69) is 0 Å². The van der Waals surface area contributed by atoms with E-state index in [-0.39, 0.29) is 37.0 Å². The molecule has 3 rings (SSSR count). The molecule has 6 nitrogen and oxygen atoms in total. The lowest BCUT2D eigenvalue weighted by Gasteiger charge is -2.31. The predicted octanol–water partition coefficient (Wildman–Crippen LogP) is 2.09. The highest BCUT2D eigenvalue weighted by Crippen LogP contribution is 2.26. The van der Waals surface area contributed by atoms with Gasteiger partial charge in [-0.25, -0.2) is 4.39 Å². The SMILES string of the molecule is O=C1c2c(O)c(=O)cc(OCCCF)n2CCN1Cc1ccc(F)cc1. The molecule has 0 unspecified atom stereocenters. The van der Waals surface area contributed by atoms with Gasteiger partial charge in [-0.2, -0.15) is 0 Å². The van der Waals surface area contributed by atoms with Gasteiger partial charge >= 0.3 is 0 Å². The average Bonchev–Trinajstić information content (AvgIpc) is 2.63. The van der Waals surface area contributed by atoms with E-state index in [9.17, 15) is 23.5 Å². The first-order chi connectivity index (χ1) is 12.5. The number of pyridine rings is 1. The zero-order valence-electron chi connectivity index (χ0n) is 14.0. The van der Waals surface area contributed by atoms with E-state index in [1.165, 1.54) is 21.6 Å². The molecule has 0 fully saturated rings. The van der Waals surface area contributed by atoms with Crippen LogP contribution in [0.1, 0.15) is 22.5 Å². The number of carbonyl (C=O) groups is 1. The molecule has 26 heavy (non-hydrogen) atoms. The van der Waals surface area contributed by atoms with Gasteiger partial charge in [0.2, 0.25) is 5.43 Å². The number of carbonyl (C=O) groups excluding carboxylic acids is 1. The number of nitrogens with zero attached hydrogens (tertiary/aromatic N) is 2. The van der Waals surface area contributed by atoms with Crippen LogP contribution in [0.3, 0.4) is 0 Å². The number of aromatic nitrogens is 1. The van der Waals surface area contributed by atoms with Crippen LogP contribution in [0.25, 0.3) is 0 Å². The summed E-state index contributed by atoms with van der Waals surface area (Å²) in [6.45, 7) is 0.360. The Hall–Kier alpha value is -2.90. The molecule has 1 aromatic heterocycles. The number of rotatable bonds is 6. The largest absolute Gasteiger partial charge is 0.503 e. The van der Waals surface area contributed by atoms with E-state index in [0.29, 0.717) is 13.1 Å². The summed E-state index contributed by atoms with van der Waals surface area (Å²) < 4.78 is 32.1. The van der Waals surface area contributed by atoms with Crippen molar-refractivity contribution >= 4 is 5.91 Å². The second-order valence-corrected chi connectivity index (χ2v) is 5.94. The fourth-order valence-electron chi connectivity index (χ4n) is 2.84. The van der Waals surface area contributed by atoms with Crippen molar-refractivity contribution in [3.8, 4) is 11.6 Å². The monoisotopic (exact) mass is 364 g/mol. The number of alkyl halides is 1. The Morgan fingerprint density at radius 3 is 2.58 bits per heavy atom. The van der Waals surface area contributed by atoms with Crippen molar-refractivity contribution in [3.05, 3.63) is 57.6 Å². The smallest absolute Gasteiger partial charge is 0.274 e. The molecule has 0 bridgehead atoms. The molecule has 0 saturated carbocycles. The summed E-state index contributed by atoms with van der Waals surface area (Å²) in [7, 11) is 0. The van der Waals surface area contributed by atoms with Gasteiger partial charge in [0, 0.05) is 32.1 Å². The Morgan fingerprint density at radius 1 is 1.15 bits per heavy atom. The molecule has 0 atom stereocenters. The van der Waals surface area contributed by atoms with Gasteiger partial charge in [0.1, 0.15) is 5.82 Å². The molecule has 2 heterocycles. The lowest BCUT2D eigenvalue weighted by atomic mass is 10.1. The first-order valence-electron chi connectivity index (χ1n) is 8.20. The molecule has 2 aromatic rings. The average molecular weight is 364 g/mol.